The molecule has 0 amide bonds. The molecule has 1 rings (SSSR count). The van der Waals surface area contributed by atoms with Gasteiger partial charge in [-0.15, -0.1) is 11.6 Å². The number of likely N-dealkylation sites (tertiary alicyclic amines) is 1. The largest absolute Gasteiger partial charge is 0.325 e. The standard InChI is InChI=1S/C9H19ClN/c1-7-5-9(8(2)10)11(3,4)6-7/h7-9H,5-6H2,1-4H3/q+1/t7-,8-,9?/m1/s1. The summed E-state index contributed by atoms with van der Waals surface area (Å²) in [6.45, 7) is 5.71. The van der Waals surface area contributed by atoms with Crippen LogP contribution in [0.4, 0.5) is 0 Å². The molecule has 2 heteroatoms. The quantitative estimate of drug-likeness (QED) is 0.424. The fourth-order valence-electron chi connectivity index (χ4n) is 2.45. The number of halogens is 1. The van der Waals surface area contributed by atoms with Crippen molar-refractivity contribution in [1.82, 2.24) is 0 Å². The topological polar surface area (TPSA) is 0 Å². The van der Waals surface area contributed by atoms with E-state index in [-0.39, 0.29) is 0 Å². The molecule has 0 spiro atoms. The summed E-state index contributed by atoms with van der Waals surface area (Å²) < 4.78 is 1.10. The van der Waals surface area contributed by atoms with Gasteiger partial charge in [0.2, 0.25) is 0 Å². The summed E-state index contributed by atoms with van der Waals surface area (Å²) in [5.74, 6) is 0.844. The Labute approximate surface area is 74.9 Å². The van der Waals surface area contributed by atoms with E-state index in [4.69, 9.17) is 11.6 Å². The minimum Gasteiger partial charge on any atom is -0.325 e. The predicted molar refractivity (Wildman–Crippen MR) is 49.9 cm³/mol. The molecule has 3 atom stereocenters. The van der Waals surface area contributed by atoms with Crippen LogP contribution in [0.5, 0.6) is 0 Å². The molecule has 1 saturated heterocycles. The second kappa shape index (κ2) is 2.95. The second-order valence-corrected chi connectivity index (χ2v) is 5.24. The van der Waals surface area contributed by atoms with Crippen LogP contribution in [-0.2, 0) is 0 Å². The molecule has 1 unspecified atom stereocenters. The van der Waals surface area contributed by atoms with Gasteiger partial charge in [0.15, 0.2) is 0 Å². The summed E-state index contributed by atoms with van der Waals surface area (Å²) in [4.78, 5) is 0. The Kier molecular flexibility index (Phi) is 2.50. The number of hydrogen-bond acceptors (Lipinski definition) is 0. The van der Waals surface area contributed by atoms with Crippen molar-refractivity contribution in [2.24, 2.45) is 5.92 Å². The van der Waals surface area contributed by atoms with Crippen molar-refractivity contribution in [2.45, 2.75) is 31.7 Å². The zero-order valence-corrected chi connectivity index (χ0v) is 8.73. The van der Waals surface area contributed by atoms with Crippen molar-refractivity contribution in [3.63, 3.8) is 0 Å². The highest BCUT2D eigenvalue weighted by molar-refractivity contribution is 6.20. The Balaban J connectivity index is 2.66. The zero-order valence-electron chi connectivity index (χ0n) is 7.97. The molecule has 0 radical (unpaired) electrons. The first kappa shape index (κ1) is 9.34. The zero-order chi connectivity index (χ0) is 8.65. The normalized spacial score (nSPS) is 39.0. The van der Waals surface area contributed by atoms with Gasteiger partial charge in [-0.3, -0.25) is 0 Å². The number of alkyl halides is 1. The summed E-state index contributed by atoms with van der Waals surface area (Å²) >= 11 is 6.12. The molecule has 0 bridgehead atoms. The van der Waals surface area contributed by atoms with Gasteiger partial charge in [0.1, 0.15) is 6.04 Å². The maximum Gasteiger partial charge on any atom is 0.105 e. The van der Waals surface area contributed by atoms with Gasteiger partial charge >= 0.3 is 0 Å². The third kappa shape index (κ3) is 1.88. The minimum absolute atomic E-state index is 0.315. The van der Waals surface area contributed by atoms with Crippen molar-refractivity contribution in [3.8, 4) is 0 Å². The third-order valence-corrected chi connectivity index (χ3v) is 3.14. The summed E-state index contributed by atoms with van der Waals surface area (Å²) in [6, 6.07) is 0.659. The number of hydrogen-bond donors (Lipinski definition) is 0. The van der Waals surface area contributed by atoms with Crippen molar-refractivity contribution in [3.05, 3.63) is 0 Å². The van der Waals surface area contributed by atoms with Crippen molar-refractivity contribution in [2.75, 3.05) is 20.6 Å². The molecule has 0 aromatic heterocycles. The highest BCUT2D eigenvalue weighted by atomic mass is 35.5. The van der Waals surface area contributed by atoms with Crippen LogP contribution in [0.3, 0.4) is 0 Å². The maximum absolute atomic E-state index is 6.12. The molecule has 0 N–H and O–H groups in total. The molecule has 0 aliphatic carbocycles. The minimum atomic E-state index is 0.315. The number of quaternary nitrogens is 1. The van der Waals surface area contributed by atoms with Gasteiger partial charge in [-0.25, -0.2) is 0 Å². The van der Waals surface area contributed by atoms with Gasteiger partial charge in [-0.1, -0.05) is 6.92 Å². The first-order valence-corrected chi connectivity index (χ1v) is 4.84. The Morgan fingerprint density at radius 1 is 1.45 bits per heavy atom. The number of rotatable bonds is 1. The van der Waals surface area contributed by atoms with Crippen LogP contribution in [0, 0.1) is 5.92 Å². The van der Waals surface area contributed by atoms with Crippen LogP contribution >= 0.6 is 11.6 Å². The van der Waals surface area contributed by atoms with Gasteiger partial charge in [0.05, 0.1) is 26.0 Å². The van der Waals surface area contributed by atoms with Crippen molar-refractivity contribution < 1.29 is 4.48 Å². The van der Waals surface area contributed by atoms with Crippen LogP contribution in [0.2, 0.25) is 0 Å². The molecule has 1 nitrogen and oxygen atoms in total. The van der Waals surface area contributed by atoms with Crippen molar-refractivity contribution >= 4 is 11.6 Å². The summed E-state index contributed by atoms with van der Waals surface area (Å²) in [6.07, 6.45) is 1.29. The van der Waals surface area contributed by atoms with E-state index in [0.29, 0.717) is 11.4 Å². The summed E-state index contributed by atoms with van der Waals surface area (Å²) in [5, 5.41) is 0.315. The fourth-order valence-corrected chi connectivity index (χ4v) is 2.86. The molecule has 1 heterocycles. The molecular formula is C9H19ClN+. The first-order valence-electron chi connectivity index (χ1n) is 4.40. The van der Waals surface area contributed by atoms with Gasteiger partial charge in [0, 0.05) is 12.3 Å². The average molecular weight is 177 g/mol. The van der Waals surface area contributed by atoms with Crippen LogP contribution in [0.1, 0.15) is 20.3 Å². The number of nitrogens with zero attached hydrogens (tertiary/aromatic N) is 1. The molecule has 0 aromatic rings. The predicted octanol–water partition coefficient (Wildman–Crippen LogP) is 2.10. The smallest absolute Gasteiger partial charge is 0.105 e. The Hall–Kier alpha value is 0.250. The van der Waals surface area contributed by atoms with E-state index in [2.05, 4.69) is 27.9 Å². The molecular weight excluding hydrogens is 158 g/mol. The summed E-state index contributed by atoms with van der Waals surface area (Å²) in [5.41, 5.74) is 0. The molecule has 0 saturated carbocycles. The monoisotopic (exact) mass is 176 g/mol. The molecule has 1 fully saturated rings. The second-order valence-electron chi connectivity index (χ2n) is 4.55. The lowest BCUT2D eigenvalue weighted by atomic mass is 10.1. The van der Waals surface area contributed by atoms with Gasteiger partial charge in [-0.05, 0) is 6.92 Å². The Bertz CT molecular complexity index is 142. The Morgan fingerprint density at radius 2 is 2.00 bits per heavy atom. The van der Waals surface area contributed by atoms with E-state index in [0.717, 1.165) is 10.4 Å². The summed E-state index contributed by atoms with van der Waals surface area (Å²) in [7, 11) is 4.57. The van der Waals surface area contributed by atoms with E-state index in [1.807, 2.05) is 0 Å². The van der Waals surface area contributed by atoms with Gasteiger partial charge in [0.25, 0.3) is 0 Å². The van der Waals surface area contributed by atoms with E-state index < -0.39 is 0 Å². The molecule has 11 heavy (non-hydrogen) atoms. The lowest BCUT2D eigenvalue weighted by Gasteiger charge is -2.33. The Morgan fingerprint density at radius 3 is 2.18 bits per heavy atom. The van der Waals surface area contributed by atoms with Gasteiger partial charge < -0.3 is 4.48 Å². The SMILES string of the molecule is C[C@@H]1CC([C@@H](C)Cl)[N+](C)(C)C1. The molecule has 1 aliphatic heterocycles. The van der Waals surface area contributed by atoms with Crippen LogP contribution in [-0.4, -0.2) is 36.5 Å². The van der Waals surface area contributed by atoms with Crippen molar-refractivity contribution in [1.29, 1.82) is 0 Å². The van der Waals surface area contributed by atoms with E-state index >= 15 is 0 Å². The van der Waals surface area contributed by atoms with E-state index in [1.54, 1.807) is 0 Å². The lowest BCUT2D eigenvalue weighted by molar-refractivity contribution is -0.902. The van der Waals surface area contributed by atoms with Crippen LogP contribution in [0.25, 0.3) is 0 Å². The van der Waals surface area contributed by atoms with Gasteiger partial charge in [-0.2, -0.15) is 0 Å². The fraction of sp³-hybridized carbons (Fsp3) is 1.00. The lowest BCUT2D eigenvalue weighted by Crippen LogP contribution is -2.47. The molecule has 0 aromatic carbocycles. The third-order valence-electron chi connectivity index (χ3n) is 2.85. The highest BCUT2D eigenvalue weighted by Gasteiger charge is 2.41. The molecule has 1 aliphatic rings. The van der Waals surface area contributed by atoms with E-state index in [9.17, 15) is 0 Å². The van der Waals surface area contributed by atoms with Crippen LogP contribution < -0.4 is 0 Å². The van der Waals surface area contributed by atoms with E-state index in [1.165, 1.54) is 13.0 Å². The first-order chi connectivity index (χ1) is 4.93. The average Bonchev–Trinajstić information content (AvgIpc) is 2.04. The molecule has 66 valence electrons. The maximum atomic E-state index is 6.12. The van der Waals surface area contributed by atoms with Crippen LogP contribution in [0.15, 0.2) is 0 Å². The highest BCUT2D eigenvalue weighted by Crippen LogP contribution is 2.30.